The molecule has 0 aliphatic rings. The van der Waals surface area contributed by atoms with Crippen LogP contribution in [0.15, 0.2) is 12.4 Å². The highest BCUT2D eigenvalue weighted by Crippen LogP contribution is 2.11. The summed E-state index contributed by atoms with van der Waals surface area (Å²) in [5.41, 5.74) is 0. The summed E-state index contributed by atoms with van der Waals surface area (Å²) in [5.74, 6) is 1.72. The summed E-state index contributed by atoms with van der Waals surface area (Å²) in [6.45, 7) is 10.1. The summed E-state index contributed by atoms with van der Waals surface area (Å²) in [6.07, 6.45) is 3.94. The van der Waals surface area contributed by atoms with Crippen molar-refractivity contribution in [2.24, 2.45) is 0 Å². The van der Waals surface area contributed by atoms with E-state index in [2.05, 4.69) is 46.3 Å². The molecule has 0 aliphatic carbocycles. The van der Waals surface area contributed by atoms with Crippen molar-refractivity contribution in [3.05, 3.63) is 12.4 Å². The van der Waals surface area contributed by atoms with Crippen molar-refractivity contribution < 1.29 is 0 Å². The van der Waals surface area contributed by atoms with Crippen molar-refractivity contribution in [3.8, 4) is 0 Å². The summed E-state index contributed by atoms with van der Waals surface area (Å²) in [4.78, 5) is 10.8. The van der Waals surface area contributed by atoms with Crippen molar-refractivity contribution in [2.75, 3.05) is 37.3 Å². The Kier molecular flexibility index (Phi) is 7.18. The van der Waals surface area contributed by atoms with Crippen LogP contribution in [-0.2, 0) is 0 Å². The minimum atomic E-state index is 0.426. The quantitative estimate of drug-likeness (QED) is 0.718. The Labute approximate surface area is 116 Å². The molecule has 1 aromatic heterocycles. The molecule has 2 N–H and O–H groups in total. The maximum Gasteiger partial charge on any atom is 0.131 e. The van der Waals surface area contributed by atoms with Crippen LogP contribution < -0.4 is 10.6 Å². The van der Waals surface area contributed by atoms with Gasteiger partial charge in [-0.1, -0.05) is 13.8 Å². The molecule has 0 saturated carbocycles. The molecule has 1 atom stereocenters. The van der Waals surface area contributed by atoms with Crippen LogP contribution in [0.5, 0.6) is 0 Å². The van der Waals surface area contributed by atoms with Gasteiger partial charge in [-0.25, -0.2) is 9.97 Å². The second kappa shape index (κ2) is 8.69. The number of aromatic nitrogens is 2. The Balaban J connectivity index is 2.32. The molecule has 0 spiro atoms. The van der Waals surface area contributed by atoms with Crippen molar-refractivity contribution in [3.63, 3.8) is 0 Å². The maximum atomic E-state index is 4.23. The molecule has 108 valence electrons. The zero-order valence-electron chi connectivity index (χ0n) is 12.6. The Morgan fingerprint density at radius 1 is 1.21 bits per heavy atom. The Hall–Kier alpha value is -1.36. The van der Waals surface area contributed by atoms with Crippen LogP contribution in [0.4, 0.5) is 11.6 Å². The van der Waals surface area contributed by atoms with Crippen molar-refractivity contribution >= 4 is 11.6 Å². The minimum absolute atomic E-state index is 0.426. The molecule has 0 bridgehead atoms. The first kappa shape index (κ1) is 15.7. The van der Waals surface area contributed by atoms with Gasteiger partial charge in [-0.3, -0.25) is 0 Å². The van der Waals surface area contributed by atoms with Gasteiger partial charge in [0.05, 0.1) is 0 Å². The predicted molar refractivity (Wildman–Crippen MR) is 81.7 cm³/mol. The summed E-state index contributed by atoms with van der Waals surface area (Å²) < 4.78 is 0. The average molecular weight is 265 g/mol. The van der Waals surface area contributed by atoms with Gasteiger partial charge in [-0.2, -0.15) is 0 Å². The molecular weight excluding hydrogens is 238 g/mol. The first-order valence-electron chi connectivity index (χ1n) is 7.18. The van der Waals surface area contributed by atoms with Crippen molar-refractivity contribution in [2.45, 2.75) is 39.7 Å². The van der Waals surface area contributed by atoms with E-state index in [9.17, 15) is 0 Å². The summed E-state index contributed by atoms with van der Waals surface area (Å²) in [7, 11) is 1.86. The van der Waals surface area contributed by atoms with Gasteiger partial charge in [-0.15, -0.1) is 0 Å². The fourth-order valence-corrected chi connectivity index (χ4v) is 2.06. The number of hydrogen-bond donors (Lipinski definition) is 2. The molecule has 1 heterocycles. The smallest absolute Gasteiger partial charge is 0.131 e. The lowest BCUT2D eigenvalue weighted by molar-refractivity contribution is 0.295. The van der Waals surface area contributed by atoms with Crippen LogP contribution in [-0.4, -0.2) is 47.6 Å². The fourth-order valence-electron chi connectivity index (χ4n) is 2.06. The zero-order chi connectivity index (χ0) is 14.1. The second-order valence-electron chi connectivity index (χ2n) is 4.75. The van der Waals surface area contributed by atoms with Gasteiger partial charge in [-0.05, 0) is 39.4 Å². The van der Waals surface area contributed by atoms with E-state index in [4.69, 9.17) is 0 Å². The molecule has 0 saturated heterocycles. The average Bonchev–Trinajstić information content (AvgIpc) is 2.44. The summed E-state index contributed by atoms with van der Waals surface area (Å²) in [5, 5.41) is 6.43. The number of anilines is 2. The van der Waals surface area contributed by atoms with E-state index in [1.165, 1.54) is 13.0 Å². The monoisotopic (exact) mass is 265 g/mol. The van der Waals surface area contributed by atoms with Gasteiger partial charge in [0, 0.05) is 19.2 Å². The van der Waals surface area contributed by atoms with Crippen molar-refractivity contribution in [1.29, 1.82) is 0 Å². The topological polar surface area (TPSA) is 53.1 Å². The van der Waals surface area contributed by atoms with Gasteiger partial charge in [0.25, 0.3) is 0 Å². The summed E-state index contributed by atoms with van der Waals surface area (Å²) >= 11 is 0. The van der Waals surface area contributed by atoms with E-state index in [1.807, 2.05) is 13.1 Å². The number of rotatable bonds is 9. The molecule has 5 heteroatoms. The highest BCUT2D eigenvalue weighted by molar-refractivity contribution is 5.46. The molecule has 0 aromatic carbocycles. The van der Waals surface area contributed by atoms with Gasteiger partial charge in [0.1, 0.15) is 18.0 Å². The Morgan fingerprint density at radius 3 is 2.53 bits per heavy atom. The molecule has 5 nitrogen and oxygen atoms in total. The van der Waals surface area contributed by atoms with E-state index in [1.54, 1.807) is 6.33 Å². The Morgan fingerprint density at radius 2 is 1.89 bits per heavy atom. The third-order valence-corrected chi connectivity index (χ3v) is 3.32. The zero-order valence-corrected chi connectivity index (χ0v) is 12.6. The predicted octanol–water partition coefficient (Wildman–Crippen LogP) is 2.44. The second-order valence-corrected chi connectivity index (χ2v) is 4.75. The molecular formula is C14H27N5. The standard InChI is InChI=1S/C14H27N5/c1-5-19(6-2)9-7-8-12(3)18-14-10-13(15-4)16-11-17-14/h10-12H,5-9H2,1-4H3,(H2,15,16,17,18). The number of nitrogens with zero attached hydrogens (tertiary/aromatic N) is 3. The fraction of sp³-hybridized carbons (Fsp3) is 0.714. The molecule has 1 aromatic rings. The van der Waals surface area contributed by atoms with Gasteiger partial charge in [0.15, 0.2) is 0 Å². The largest absolute Gasteiger partial charge is 0.373 e. The first-order chi connectivity index (χ1) is 9.19. The van der Waals surface area contributed by atoms with Gasteiger partial charge in [0.2, 0.25) is 0 Å². The van der Waals surface area contributed by atoms with E-state index < -0.39 is 0 Å². The maximum absolute atomic E-state index is 4.23. The molecule has 1 unspecified atom stereocenters. The van der Waals surface area contributed by atoms with Gasteiger partial charge < -0.3 is 15.5 Å². The summed E-state index contributed by atoms with van der Waals surface area (Å²) in [6, 6.07) is 2.36. The lowest BCUT2D eigenvalue weighted by Gasteiger charge is -2.20. The van der Waals surface area contributed by atoms with E-state index in [-0.39, 0.29) is 0 Å². The van der Waals surface area contributed by atoms with E-state index >= 15 is 0 Å². The number of nitrogens with one attached hydrogen (secondary N) is 2. The molecule has 0 aliphatic heterocycles. The molecule has 0 fully saturated rings. The van der Waals surface area contributed by atoms with Crippen LogP contribution >= 0.6 is 0 Å². The van der Waals surface area contributed by atoms with Gasteiger partial charge >= 0.3 is 0 Å². The highest BCUT2D eigenvalue weighted by Gasteiger charge is 2.05. The first-order valence-corrected chi connectivity index (χ1v) is 7.18. The third-order valence-electron chi connectivity index (χ3n) is 3.32. The van der Waals surface area contributed by atoms with Crippen LogP contribution in [0.2, 0.25) is 0 Å². The van der Waals surface area contributed by atoms with Crippen LogP contribution in [0.3, 0.4) is 0 Å². The molecule has 0 amide bonds. The van der Waals surface area contributed by atoms with E-state index in [0.717, 1.165) is 31.1 Å². The Bertz CT molecular complexity index is 351. The lowest BCUT2D eigenvalue weighted by Crippen LogP contribution is -2.25. The van der Waals surface area contributed by atoms with Crippen LogP contribution in [0.25, 0.3) is 0 Å². The third kappa shape index (κ3) is 5.87. The van der Waals surface area contributed by atoms with Crippen molar-refractivity contribution in [1.82, 2.24) is 14.9 Å². The van der Waals surface area contributed by atoms with E-state index in [0.29, 0.717) is 6.04 Å². The number of hydrogen-bond acceptors (Lipinski definition) is 5. The molecule has 1 rings (SSSR count). The molecule has 0 radical (unpaired) electrons. The highest BCUT2D eigenvalue weighted by atomic mass is 15.1. The lowest BCUT2D eigenvalue weighted by atomic mass is 10.1. The van der Waals surface area contributed by atoms with Crippen LogP contribution in [0, 0.1) is 0 Å². The van der Waals surface area contributed by atoms with Crippen LogP contribution in [0.1, 0.15) is 33.6 Å². The SMILES string of the molecule is CCN(CC)CCCC(C)Nc1cc(NC)ncn1. The molecule has 19 heavy (non-hydrogen) atoms. The minimum Gasteiger partial charge on any atom is -0.373 e. The normalized spacial score (nSPS) is 12.5.